The van der Waals surface area contributed by atoms with Crippen LogP contribution in [0.15, 0.2) is 24.3 Å². The molecule has 0 spiro atoms. The minimum Gasteiger partial charge on any atom is -0.465 e. The molecule has 0 aliphatic carbocycles. The number of β-amino-alcohol motifs (C(OH)–C–C–N with tert-alkyl or cyclic N) is 1. The lowest BCUT2D eigenvalue weighted by atomic mass is 10.0. The van der Waals surface area contributed by atoms with E-state index in [1.54, 1.807) is 0 Å². The molecule has 0 unspecified atom stereocenters. The van der Waals surface area contributed by atoms with Gasteiger partial charge in [-0.1, -0.05) is 12.1 Å². The normalized spacial score (nSPS) is 23.2. The van der Waals surface area contributed by atoms with Gasteiger partial charge in [0.2, 0.25) is 0 Å². The Bertz CT molecular complexity index is 539. The van der Waals surface area contributed by atoms with Crippen LogP contribution in [0, 0.1) is 0 Å². The quantitative estimate of drug-likeness (QED) is 0.836. The summed E-state index contributed by atoms with van der Waals surface area (Å²) in [4.78, 5) is 16.3. The van der Waals surface area contributed by atoms with Crippen molar-refractivity contribution in [2.24, 2.45) is 0 Å². The number of aliphatic hydroxyl groups is 1. The number of benzene rings is 1. The molecule has 5 heteroatoms. The number of nitrogens with zero attached hydrogens (tertiary/aromatic N) is 2. The molecule has 5 nitrogen and oxygen atoms in total. The molecule has 24 heavy (non-hydrogen) atoms. The van der Waals surface area contributed by atoms with E-state index >= 15 is 0 Å². The molecule has 1 heterocycles. The lowest BCUT2D eigenvalue weighted by Crippen LogP contribution is -2.58. The van der Waals surface area contributed by atoms with Crippen molar-refractivity contribution in [1.29, 1.82) is 0 Å². The highest BCUT2D eigenvalue weighted by atomic mass is 16.5. The van der Waals surface area contributed by atoms with Gasteiger partial charge in [0, 0.05) is 38.3 Å². The molecule has 1 aliphatic heterocycles. The number of hydrogen-bond acceptors (Lipinski definition) is 5. The van der Waals surface area contributed by atoms with Crippen molar-refractivity contribution in [3.05, 3.63) is 35.4 Å². The van der Waals surface area contributed by atoms with E-state index in [0.29, 0.717) is 24.2 Å². The maximum absolute atomic E-state index is 11.5. The molecule has 1 saturated heterocycles. The summed E-state index contributed by atoms with van der Waals surface area (Å²) in [5.74, 6) is -0.302. The van der Waals surface area contributed by atoms with Gasteiger partial charge < -0.3 is 9.84 Å². The number of hydrogen-bond donors (Lipinski definition) is 1. The van der Waals surface area contributed by atoms with Gasteiger partial charge in [-0.2, -0.15) is 0 Å². The molecule has 1 aliphatic rings. The summed E-state index contributed by atoms with van der Waals surface area (Å²) in [5.41, 5.74) is 1.11. The van der Waals surface area contributed by atoms with E-state index in [4.69, 9.17) is 4.74 Å². The summed E-state index contributed by atoms with van der Waals surface area (Å²) in [6.07, 6.45) is 0. The molecule has 1 aromatic carbocycles. The molecule has 0 aromatic heterocycles. The van der Waals surface area contributed by atoms with E-state index in [1.807, 2.05) is 38.1 Å². The van der Waals surface area contributed by atoms with E-state index in [0.717, 1.165) is 19.6 Å². The molecule has 2 atom stereocenters. The number of carbonyl (C=O) groups is 1. The van der Waals surface area contributed by atoms with Crippen LogP contribution in [0.2, 0.25) is 0 Å². The number of carbonyl (C=O) groups excluding carboxylic acids is 1. The molecule has 2 rings (SSSR count). The zero-order chi connectivity index (χ0) is 17.9. The van der Waals surface area contributed by atoms with Gasteiger partial charge >= 0.3 is 5.97 Å². The Morgan fingerprint density at radius 3 is 2.21 bits per heavy atom. The fourth-order valence-corrected chi connectivity index (χ4v) is 3.53. The molecule has 1 aromatic rings. The molecule has 0 saturated carbocycles. The summed E-state index contributed by atoms with van der Waals surface area (Å²) in [6, 6.07) is 8.46. The minimum absolute atomic E-state index is 0.302. The highest BCUT2D eigenvalue weighted by Crippen LogP contribution is 2.21. The summed E-state index contributed by atoms with van der Waals surface area (Å²) in [6.45, 7) is 11.6. The van der Waals surface area contributed by atoms with Crippen LogP contribution in [-0.2, 0) is 11.3 Å². The van der Waals surface area contributed by atoms with Gasteiger partial charge in [-0.3, -0.25) is 9.80 Å². The largest absolute Gasteiger partial charge is 0.465 e. The number of methoxy groups -OCH3 is 1. The molecular formula is C19H30N2O3. The first-order valence-electron chi connectivity index (χ1n) is 8.57. The fraction of sp³-hybridized carbons (Fsp3) is 0.632. The average molecular weight is 334 g/mol. The maximum Gasteiger partial charge on any atom is 0.337 e. The second kappa shape index (κ2) is 7.64. The van der Waals surface area contributed by atoms with Crippen LogP contribution in [0.1, 0.15) is 43.6 Å². The fourth-order valence-electron chi connectivity index (χ4n) is 3.53. The molecule has 0 radical (unpaired) electrons. The zero-order valence-electron chi connectivity index (χ0n) is 15.5. The third kappa shape index (κ3) is 5.03. The van der Waals surface area contributed by atoms with E-state index in [2.05, 4.69) is 23.6 Å². The summed E-state index contributed by atoms with van der Waals surface area (Å²) < 4.78 is 4.74. The standard InChI is InChI=1S/C19H30N2O3/c1-14-10-20(13-19(3,4)23)11-15(2)21(14)12-16-6-8-17(9-7-16)18(22)24-5/h6-9,14-15,23H,10-13H2,1-5H3/t14-,15+. The van der Waals surface area contributed by atoms with Crippen molar-refractivity contribution >= 4 is 5.97 Å². The first-order chi connectivity index (χ1) is 11.2. The molecule has 1 fully saturated rings. The van der Waals surface area contributed by atoms with Crippen LogP contribution in [0.4, 0.5) is 0 Å². The number of ether oxygens (including phenoxy) is 1. The second-order valence-corrected chi connectivity index (χ2v) is 7.57. The van der Waals surface area contributed by atoms with Crippen LogP contribution in [0.3, 0.4) is 0 Å². The second-order valence-electron chi connectivity index (χ2n) is 7.57. The predicted octanol–water partition coefficient (Wildman–Crippen LogP) is 2.14. The predicted molar refractivity (Wildman–Crippen MR) is 95.0 cm³/mol. The molecule has 134 valence electrons. The SMILES string of the molecule is COC(=O)c1ccc(CN2[C@H](C)CN(CC(C)(C)O)C[C@@H]2C)cc1. The third-order valence-electron chi connectivity index (χ3n) is 4.53. The van der Waals surface area contributed by atoms with Gasteiger partial charge in [0.05, 0.1) is 18.3 Å². The Balaban J connectivity index is 1.99. The molecular weight excluding hydrogens is 304 g/mol. The van der Waals surface area contributed by atoms with Crippen LogP contribution >= 0.6 is 0 Å². The maximum atomic E-state index is 11.5. The smallest absolute Gasteiger partial charge is 0.337 e. The highest BCUT2D eigenvalue weighted by Gasteiger charge is 2.31. The lowest BCUT2D eigenvalue weighted by molar-refractivity contribution is -0.0180. The van der Waals surface area contributed by atoms with Gasteiger partial charge in [0.1, 0.15) is 0 Å². The molecule has 1 N–H and O–H groups in total. The van der Waals surface area contributed by atoms with E-state index in [9.17, 15) is 9.90 Å². The molecule has 0 amide bonds. The van der Waals surface area contributed by atoms with Gasteiger partial charge in [0.25, 0.3) is 0 Å². The Morgan fingerprint density at radius 1 is 1.21 bits per heavy atom. The molecule has 0 bridgehead atoms. The Labute approximate surface area is 145 Å². The van der Waals surface area contributed by atoms with Crippen molar-refractivity contribution < 1.29 is 14.6 Å². The van der Waals surface area contributed by atoms with Crippen molar-refractivity contribution in [2.45, 2.75) is 51.9 Å². The van der Waals surface area contributed by atoms with Gasteiger partial charge in [-0.25, -0.2) is 4.79 Å². The number of piperazine rings is 1. The Morgan fingerprint density at radius 2 is 1.75 bits per heavy atom. The third-order valence-corrected chi connectivity index (χ3v) is 4.53. The zero-order valence-corrected chi connectivity index (χ0v) is 15.5. The summed E-state index contributed by atoms with van der Waals surface area (Å²) >= 11 is 0. The van der Waals surface area contributed by atoms with Crippen molar-refractivity contribution in [1.82, 2.24) is 9.80 Å². The average Bonchev–Trinajstić information content (AvgIpc) is 2.49. The van der Waals surface area contributed by atoms with E-state index in [1.165, 1.54) is 12.7 Å². The van der Waals surface area contributed by atoms with E-state index < -0.39 is 5.60 Å². The van der Waals surface area contributed by atoms with Crippen molar-refractivity contribution in [3.8, 4) is 0 Å². The van der Waals surface area contributed by atoms with Crippen LogP contribution in [0.25, 0.3) is 0 Å². The van der Waals surface area contributed by atoms with Crippen molar-refractivity contribution in [2.75, 3.05) is 26.7 Å². The van der Waals surface area contributed by atoms with Crippen LogP contribution in [-0.4, -0.2) is 65.3 Å². The number of rotatable bonds is 5. The monoisotopic (exact) mass is 334 g/mol. The van der Waals surface area contributed by atoms with Gasteiger partial charge in [-0.15, -0.1) is 0 Å². The van der Waals surface area contributed by atoms with Crippen molar-refractivity contribution in [3.63, 3.8) is 0 Å². The first kappa shape index (κ1) is 18.9. The van der Waals surface area contributed by atoms with Crippen LogP contribution in [0.5, 0.6) is 0 Å². The summed E-state index contributed by atoms with van der Waals surface area (Å²) in [7, 11) is 1.40. The summed E-state index contributed by atoms with van der Waals surface area (Å²) in [5, 5.41) is 10.0. The Hall–Kier alpha value is -1.43. The highest BCUT2D eigenvalue weighted by molar-refractivity contribution is 5.89. The first-order valence-corrected chi connectivity index (χ1v) is 8.57. The minimum atomic E-state index is -0.661. The van der Waals surface area contributed by atoms with E-state index in [-0.39, 0.29) is 5.97 Å². The number of esters is 1. The Kier molecular flexibility index (Phi) is 6.01. The van der Waals surface area contributed by atoms with Gasteiger partial charge in [-0.05, 0) is 45.4 Å². The van der Waals surface area contributed by atoms with Gasteiger partial charge in [0.15, 0.2) is 0 Å². The lowest BCUT2D eigenvalue weighted by Gasteiger charge is -2.45. The topological polar surface area (TPSA) is 53.0 Å². The van der Waals surface area contributed by atoms with Crippen LogP contribution < -0.4 is 0 Å².